The molecule has 1 unspecified atom stereocenters. The molecule has 1 aromatic carbocycles. The van der Waals surface area contributed by atoms with Crippen molar-refractivity contribution in [3.8, 4) is 5.75 Å². The average molecular weight is 487 g/mol. The second-order valence-electron chi connectivity index (χ2n) is 5.93. The molecule has 1 saturated heterocycles. The summed E-state index contributed by atoms with van der Waals surface area (Å²) in [6.07, 6.45) is -3.40. The molecule has 0 bridgehead atoms. The van der Waals surface area contributed by atoms with E-state index < -0.39 is 11.7 Å². The second-order valence-corrected chi connectivity index (χ2v) is 5.93. The van der Waals surface area contributed by atoms with E-state index in [9.17, 15) is 13.2 Å². The molecule has 1 aromatic rings. The quantitative estimate of drug-likeness (QED) is 0.290. The Hall–Kier alpha value is -1.23. The number of alkyl halides is 3. The van der Waals surface area contributed by atoms with Crippen LogP contribution in [0, 0.1) is 5.92 Å². The molecule has 26 heavy (non-hydrogen) atoms. The summed E-state index contributed by atoms with van der Waals surface area (Å²) >= 11 is 0. The van der Waals surface area contributed by atoms with E-state index in [1.165, 1.54) is 18.2 Å². The Bertz CT molecular complexity index is 579. The maximum atomic E-state index is 12.9. The minimum Gasteiger partial charge on any atom is -0.491 e. The van der Waals surface area contributed by atoms with Gasteiger partial charge < -0.3 is 19.7 Å². The third-order valence-corrected chi connectivity index (χ3v) is 3.96. The molecule has 0 aliphatic carbocycles. The van der Waals surface area contributed by atoms with E-state index in [2.05, 4.69) is 10.3 Å². The van der Waals surface area contributed by atoms with Gasteiger partial charge in [0.1, 0.15) is 12.4 Å². The van der Waals surface area contributed by atoms with Crippen LogP contribution >= 0.6 is 24.0 Å². The predicted molar refractivity (Wildman–Crippen MR) is 105 cm³/mol. The summed E-state index contributed by atoms with van der Waals surface area (Å²) in [5.41, 5.74) is -0.766. The molecule has 0 aromatic heterocycles. The van der Waals surface area contributed by atoms with Crippen molar-refractivity contribution < 1.29 is 22.6 Å². The zero-order valence-electron chi connectivity index (χ0n) is 14.9. The molecule has 0 spiro atoms. The van der Waals surface area contributed by atoms with Gasteiger partial charge in [-0.15, -0.1) is 24.0 Å². The third kappa shape index (κ3) is 6.82. The van der Waals surface area contributed by atoms with Crippen LogP contribution in [0.3, 0.4) is 0 Å². The first-order chi connectivity index (χ1) is 11.9. The molecule has 1 heterocycles. The lowest BCUT2D eigenvalue weighted by Gasteiger charge is -2.24. The summed E-state index contributed by atoms with van der Waals surface area (Å²) in [6.45, 7) is 2.81. The highest BCUT2D eigenvalue weighted by atomic mass is 127. The van der Waals surface area contributed by atoms with Gasteiger partial charge in [0.05, 0.1) is 18.7 Å². The SMILES string of the molecule is CN=C(NCCOc1ccccc1C(F)(F)F)N(C)CC1CCOC1.I. The molecule has 0 saturated carbocycles. The maximum Gasteiger partial charge on any atom is 0.419 e. The van der Waals surface area contributed by atoms with E-state index >= 15 is 0 Å². The molecule has 1 fully saturated rings. The van der Waals surface area contributed by atoms with E-state index in [0.29, 0.717) is 18.4 Å². The Morgan fingerprint density at radius 1 is 1.38 bits per heavy atom. The van der Waals surface area contributed by atoms with Crippen LogP contribution in [-0.2, 0) is 10.9 Å². The van der Waals surface area contributed by atoms with Crippen LogP contribution in [0.25, 0.3) is 0 Å². The van der Waals surface area contributed by atoms with Gasteiger partial charge in [-0.1, -0.05) is 12.1 Å². The number of benzene rings is 1. The first-order valence-corrected chi connectivity index (χ1v) is 8.20. The van der Waals surface area contributed by atoms with E-state index in [0.717, 1.165) is 32.2 Å². The van der Waals surface area contributed by atoms with Crippen LogP contribution < -0.4 is 10.1 Å². The van der Waals surface area contributed by atoms with Gasteiger partial charge in [-0.2, -0.15) is 13.2 Å². The molecule has 9 heteroatoms. The normalized spacial score (nSPS) is 17.6. The molecule has 1 aliphatic heterocycles. The molecular weight excluding hydrogens is 462 g/mol. The number of rotatable bonds is 6. The van der Waals surface area contributed by atoms with Gasteiger partial charge in [-0.3, -0.25) is 4.99 Å². The number of nitrogens with zero attached hydrogens (tertiary/aromatic N) is 2. The van der Waals surface area contributed by atoms with Crippen molar-refractivity contribution in [3.63, 3.8) is 0 Å². The number of para-hydroxylation sites is 1. The summed E-state index contributed by atoms with van der Waals surface area (Å²) in [5.74, 6) is 0.987. The number of nitrogens with one attached hydrogen (secondary N) is 1. The smallest absolute Gasteiger partial charge is 0.419 e. The fourth-order valence-electron chi connectivity index (χ4n) is 2.74. The van der Waals surface area contributed by atoms with Crippen LogP contribution in [0.2, 0.25) is 0 Å². The van der Waals surface area contributed by atoms with E-state index in [-0.39, 0.29) is 36.3 Å². The van der Waals surface area contributed by atoms with Crippen LogP contribution in [0.5, 0.6) is 5.75 Å². The number of guanidine groups is 1. The Kier molecular flexibility index (Phi) is 9.48. The van der Waals surface area contributed by atoms with Crippen LogP contribution in [0.15, 0.2) is 29.3 Å². The lowest BCUT2D eigenvalue weighted by molar-refractivity contribution is -0.138. The number of hydrogen-bond donors (Lipinski definition) is 1. The molecule has 1 atom stereocenters. The predicted octanol–water partition coefficient (Wildman–Crippen LogP) is 3.25. The van der Waals surface area contributed by atoms with Gasteiger partial charge in [0, 0.05) is 33.2 Å². The zero-order chi connectivity index (χ0) is 18.3. The molecule has 1 N–H and O–H groups in total. The summed E-state index contributed by atoms with van der Waals surface area (Å²) in [5, 5.41) is 3.10. The fourth-order valence-corrected chi connectivity index (χ4v) is 2.74. The fraction of sp³-hybridized carbons (Fsp3) is 0.588. The minimum atomic E-state index is -4.43. The van der Waals surface area contributed by atoms with Gasteiger partial charge in [0.25, 0.3) is 0 Å². The molecule has 5 nitrogen and oxygen atoms in total. The summed E-state index contributed by atoms with van der Waals surface area (Å²) in [7, 11) is 3.59. The van der Waals surface area contributed by atoms with Crippen molar-refractivity contribution in [1.82, 2.24) is 10.2 Å². The van der Waals surface area contributed by atoms with E-state index in [1.54, 1.807) is 7.05 Å². The van der Waals surface area contributed by atoms with Crippen LogP contribution in [0.1, 0.15) is 12.0 Å². The van der Waals surface area contributed by atoms with E-state index in [1.807, 2.05) is 11.9 Å². The standard InChI is InChI=1S/C17H24F3N3O2.HI/c1-21-16(23(2)11-13-7-9-24-12-13)22-8-10-25-15-6-4-3-5-14(15)17(18,19)20;/h3-6,13H,7-12H2,1-2H3,(H,21,22);1H. The lowest BCUT2D eigenvalue weighted by atomic mass is 10.1. The van der Waals surface area contributed by atoms with Gasteiger partial charge in [-0.05, 0) is 18.6 Å². The Labute approximate surface area is 169 Å². The van der Waals surface area contributed by atoms with Gasteiger partial charge >= 0.3 is 6.18 Å². The third-order valence-electron chi connectivity index (χ3n) is 3.96. The van der Waals surface area contributed by atoms with Crippen molar-refractivity contribution in [1.29, 1.82) is 0 Å². The molecular formula is C17H25F3IN3O2. The summed E-state index contributed by atoms with van der Waals surface area (Å²) in [4.78, 5) is 6.18. The molecule has 0 amide bonds. The topological polar surface area (TPSA) is 46.1 Å². The second kappa shape index (κ2) is 10.8. The Morgan fingerprint density at radius 2 is 2.12 bits per heavy atom. The van der Waals surface area contributed by atoms with Crippen molar-refractivity contribution in [2.45, 2.75) is 12.6 Å². The van der Waals surface area contributed by atoms with Crippen molar-refractivity contribution >= 4 is 29.9 Å². The minimum absolute atomic E-state index is 0. The first-order valence-electron chi connectivity index (χ1n) is 8.20. The van der Waals surface area contributed by atoms with Gasteiger partial charge in [0.2, 0.25) is 0 Å². The summed E-state index contributed by atoms with van der Waals surface area (Å²) in [6, 6.07) is 5.20. The number of aliphatic imine (C=N–C) groups is 1. The monoisotopic (exact) mass is 487 g/mol. The van der Waals surface area contributed by atoms with Crippen LogP contribution in [0.4, 0.5) is 13.2 Å². The molecule has 2 rings (SSSR count). The van der Waals surface area contributed by atoms with Crippen molar-refractivity contribution in [2.75, 3.05) is 47.0 Å². The van der Waals surface area contributed by atoms with Gasteiger partial charge in [-0.25, -0.2) is 0 Å². The highest BCUT2D eigenvalue weighted by Crippen LogP contribution is 2.35. The zero-order valence-corrected chi connectivity index (χ0v) is 17.2. The number of halogens is 4. The van der Waals surface area contributed by atoms with Gasteiger partial charge in [0.15, 0.2) is 5.96 Å². The lowest BCUT2D eigenvalue weighted by Crippen LogP contribution is -2.42. The van der Waals surface area contributed by atoms with Crippen molar-refractivity contribution in [2.24, 2.45) is 10.9 Å². The largest absolute Gasteiger partial charge is 0.491 e. The highest BCUT2D eigenvalue weighted by Gasteiger charge is 2.33. The van der Waals surface area contributed by atoms with E-state index in [4.69, 9.17) is 9.47 Å². The molecule has 148 valence electrons. The number of ether oxygens (including phenoxy) is 2. The Morgan fingerprint density at radius 3 is 2.73 bits per heavy atom. The van der Waals surface area contributed by atoms with Crippen LogP contribution in [-0.4, -0.2) is 57.9 Å². The average Bonchev–Trinajstić information content (AvgIpc) is 3.07. The molecule has 0 radical (unpaired) electrons. The molecule has 1 aliphatic rings. The van der Waals surface area contributed by atoms with Crippen molar-refractivity contribution in [3.05, 3.63) is 29.8 Å². The summed E-state index contributed by atoms with van der Waals surface area (Å²) < 4.78 is 49.4. The number of hydrogen-bond acceptors (Lipinski definition) is 3. The maximum absolute atomic E-state index is 12.9. The highest BCUT2D eigenvalue weighted by molar-refractivity contribution is 14.0. The Balaban J connectivity index is 0.00000338. The first kappa shape index (κ1) is 22.8.